The van der Waals surface area contributed by atoms with E-state index in [1.54, 1.807) is 6.07 Å². The fraction of sp³-hybridized carbons (Fsp3) is 0.444. The minimum absolute atomic E-state index is 0.0237. The van der Waals surface area contributed by atoms with Crippen molar-refractivity contribution in [3.63, 3.8) is 0 Å². The summed E-state index contributed by atoms with van der Waals surface area (Å²) < 4.78 is 31.6. The maximum atomic E-state index is 13.4. The third-order valence-electron chi connectivity index (χ3n) is 8.23. The normalized spacial score (nSPS) is 25.3. The van der Waals surface area contributed by atoms with Crippen LogP contribution in [0.4, 0.5) is 0 Å². The van der Waals surface area contributed by atoms with Crippen LogP contribution in [0.15, 0.2) is 36.4 Å². The number of carbonyl (C=O) groups excluding carboxylic acids is 1. The molecule has 4 aromatic rings. The van der Waals surface area contributed by atoms with E-state index >= 15 is 0 Å². The van der Waals surface area contributed by atoms with E-state index < -0.39 is 7.04 Å². The van der Waals surface area contributed by atoms with Crippen molar-refractivity contribution >= 4 is 28.0 Å². The number of hydrogen-bond donors (Lipinski definition) is 1. The summed E-state index contributed by atoms with van der Waals surface area (Å²) in [4.78, 5) is 24.9. The molecule has 3 fully saturated rings. The van der Waals surface area contributed by atoms with Crippen LogP contribution < -0.4 is 10.5 Å². The van der Waals surface area contributed by atoms with Crippen LogP contribution in [0, 0.1) is 11.8 Å². The van der Waals surface area contributed by atoms with Crippen molar-refractivity contribution in [1.82, 2.24) is 24.0 Å². The number of nitrogens with two attached hydrogens (primary N) is 1. The molecule has 180 valence electrons. The average molecular weight is 474 g/mol. The standard InChI is InChI=1S/C27H30N6O2/c1-31-20-8-5-17(27(34)33-14-18-6-9-21(33)24(18)28)11-19(20)29-26(31)22-12-16-7-10-23(35-2)30-25(16)32(22)13-15-3-4-15/h5,7-8,10-12,15,18,21,24H,3-4,6,9,13-14,28H2,1-2H3/t18-,21-,24-/m1/s1/i2D3. The van der Waals surface area contributed by atoms with Crippen LogP contribution in [0.2, 0.25) is 0 Å². The lowest BCUT2D eigenvalue weighted by Crippen LogP contribution is -2.41. The number of aromatic nitrogens is 4. The molecule has 3 aromatic heterocycles. The highest BCUT2D eigenvalue weighted by Crippen LogP contribution is 2.38. The highest BCUT2D eigenvalue weighted by molar-refractivity contribution is 5.98. The van der Waals surface area contributed by atoms with Gasteiger partial charge in [-0.25, -0.2) is 4.98 Å². The first-order valence-corrected chi connectivity index (χ1v) is 12.4. The summed E-state index contributed by atoms with van der Waals surface area (Å²) in [5.41, 5.74) is 10.2. The number of ether oxygens (including phenoxy) is 1. The molecule has 1 saturated heterocycles. The van der Waals surface area contributed by atoms with Crippen molar-refractivity contribution in [3.05, 3.63) is 42.0 Å². The summed E-state index contributed by atoms with van der Waals surface area (Å²) in [5.74, 6) is 1.82. The van der Waals surface area contributed by atoms with Crippen molar-refractivity contribution in [1.29, 1.82) is 0 Å². The molecule has 1 aromatic carbocycles. The molecule has 2 saturated carbocycles. The highest BCUT2D eigenvalue weighted by atomic mass is 16.5. The van der Waals surface area contributed by atoms with Gasteiger partial charge < -0.3 is 24.5 Å². The zero-order chi connectivity index (χ0) is 26.3. The van der Waals surface area contributed by atoms with Crippen LogP contribution in [0.25, 0.3) is 33.6 Å². The van der Waals surface area contributed by atoms with Gasteiger partial charge in [0.1, 0.15) is 5.65 Å². The smallest absolute Gasteiger partial charge is 0.254 e. The van der Waals surface area contributed by atoms with Crippen LogP contribution in [-0.4, -0.2) is 55.6 Å². The van der Waals surface area contributed by atoms with Gasteiger partial charge >= 0.3 is 0 Å². The first-order valence-electron chi connectivity index (χ1n) is 13.9. The summed E-state index contributed by atoms with van der Waals surface area (Å²) in [7, 11) is -0.593. The van der Waals surface area contributed by atoms with Crippen LogP contribution in [-0.2, 0) is 13.6 Å². The van der Waals surface area contributed by atoms with Gasteiger partial charge in [0.2, 0.25) is 5.88 Å². The molecule has 0 unspecified atom stereocenters. The molecule has 0 spiro atoms. The highest BCUT2D eigenvalue weighted by Gasteiger charge is 2.46. The molecule has 3 atom stereocenters. The van der Waals surface area contributed by atoms with Crippen LogP contribution in [0.5, 0.6) is 5.88 Å². The molecule has 0 radical (unpaired) electrons. The average Bonchev–Trinajstić information content (AvgIpc) is 3.29. The Hall–Kier alpha value is -3.39. The Morgan fingerprint density at radius 3 is 2.80 bits per heavy atom. The maximum Gasteiger partial charge on any atom is 0.254 e. The maximum absolute atomic E-state index is 13.4. The molecular formula is C27H30N6O2. The lowest BCUT2D eigenvalue weighted by molar-refractivity contribution is 0.0701. The first kappa shape index (κ1) is 18.0. The molecule has 1 aliphatic heterocycles. The molecule has 3 aliphatic rings. The fourth-order valence-electron chi connectivity index (χ4n) is 6.11. The van der Waals surface area contributed by atoms with E-state index in [2.05, 4.69) is 9.55 Å². The Morgan fingerprint density at radius 2 is 2.06 bits per heavy atom. The lowest BCUT2D eigenvalue weighted by Gasteiger charge is -2.27. The number of nitrogens with zero attached hydrogens (tertiary/aromatic N) is 5. The second-order valence-corrected chi connectivity index (χ2v) is 10.4. The Balaban J connectivity index is 1.28. The van der Waals surface area contributed by atoms with E-state index in [-0.39, 0.29) is 23.9 Å². The minimum atomic E-state index is -2.57. The van der Waals surface area contributed by atoms with Crippen molar-refractivity contribution in [2.24, 2.45) is 24.6 Å². The summed E-state index contributed by atoms with van der Waals surface area (Å²) in [6.45, 7) is 1.51. The van der Waals surface area contributed by atoms with Gasteiger partial charge in [-0.3, -0.25) is 4.79 Å². The number of amides is 1. The van der Waals surface area contributed by atoms with Gasteiger partial charge in [0.15, 0.2) is 5.82 Å². The Bertz CT molecular complexity index is 1590. The third kappa shape index (κ3) is 3.19. The number of methoxy groups -OCH3 is 1. The van der Waals surface area contributed by atoms with Gasteiger partial charge in [-0.1, -0.05) is 0 Å². The fourth-order valence-corrected chi connectivity index (χ4v) is 6.11. The van der Waals surface area contributed by atoms with Crippen molar-refractivity contribution < 1.29 is 13.6 Å². The monoisotopic (exact) mass is 473 g/mol. The summed E-state index contributed by atoms with van der Waals surface area (Å²) in [6, 6.07) is 11.4. The summed E-state index contributed by atoms with van der Waals surface area (Å²) in [5, 5.41) is 0.891. The number of benzene rings is 1. The Morgan fingerprint density at radius 1 is 1.17 bits per heavy atom. The zero-order valence-corrected chi connectivity index (χ0v) is 19.6. The first-order chi connectivity index (χ1) is 18.2. The molecule has 35 heavy (non-hydrogen) atoms. The molecule has 8 nitrogen and oxygen atoms in total. The molecule has 7 rings (SSSR count). The summed E-state index contributed by atoms with van der Waals surface area (Å²) in [6.07, 6.45) is 4.39. The van der Waals surface area contributed by atoms with Gasteiger partial charge in [-0.15, -0.1) is 0 Å². The molecule has 2 bridgehead atoms. The number of fused-ring (bicyclic) bond motifs is 4. The number of imidazole rings is 1. The van der Waals surface area contributed by atoms with Gasteiger partial charge in [0.05, 0.1) is 27.9 Å². The number of pyridine rings is 1. The van der Waals surface area contributed by atoms with Crippen molar-refractivity contribution in [2.45, 2.75) is 44.3 Å². The second kappa shape index (κ2) is 7.55. The van der Waals surface area contributed by atoms with Crippen molar-refractivity contribution in [3.8, 4) is 17.4 Å². The lowest BCUT2D eigenvalue weighted by atomic mass is 10.1. The molecule has 2 N–H and O–H groups in total. The zero-order valence-electron chi connectivity index (χ0n) is 22.6. The number of aryl methyl sites for hydroxylation is 1. The molecule has 8 heteroatoms. The van der Waals surface area contributed by atoms with E-state index in [0.717, 1.165) is 66.7 Å². The minimum Gasteiger partial charge on any atom is -0.481 e. The predicted octanol–water partition coefficient (Wildman–Crippen LogP) is 3.57. The van der Waals surface area contributed by atoms with Crippen LogP contribution in [0.1, 0.15) is 40.2 Å². The van der Waals surface area contributed by atoms with E-state index in [9.17, 15) is 4.79 Å². The number of piperidine rings is 1. The van der Waals surface area contributed by atoms with E-state index in [1.807, 2.05) is 46.8 Å². The molecule has 2 aliphatic carbocycles. The van der Waals surface area contributed by atoms with Gasteiger partial charge in [-0.2, -0.15) is 4.98 Å². The second-order valence-electron chi connectivity index (χ2n) is 10.4. The van der Waals surface area contributed by atoms with E-state index in [4.69, 9.17) is 19.6 Å². The number of likely N-dealkylation sites (tertiary alicyclic amines) is 1. The SMILES string of the molecule is [2H]C([2H])([2H])Oc1ccc2cc(-c3nc4cc(C(=O)N5C[C@H]6CC[C@@H]5[C@@H]6N)ccc4n3C)n(CC3CC3)c2n1. The van der Waals surface area contributed by atoms with E-state index in [0.29, 0.717) is 23.0 Å². The summed E-state index contributed by atoms with van der Waals surface area (Å²) >= 11 is 0. The van der Waals surface area contributed by atoms with Gasteiger partial charge in [0, 0.05) is 49.2 Å². The Kier molecular flexibility index (Phi) is 3.88. The molecule has 4 heterocycles. The van der Waals surface area contributed by atoms with Crippen LogP contribution in [0.3, 0.4) is 0 Å². The number of hydrogen-bond acceptors (Lipinski definition) is 5. The van der Waals surface area contributed by atoms with Gasteiger partial charge in [-0.05, 0) is 67.9 Å². The quantitative estimate of drug-likeness (QED) is 0.479. The van der Waals surface area contributed by atoms with Crippen molar-refractivity contribution in [2.75, 3.05) is 13.6 Å². The van der Waals surface area contributed by atoms with E-state index in [1.165, 1.54) is 0 Å². The molecule has 1 amide bonds. The predicted molar refractivity (Wildman–Crippen MR) is 134 cm³/mol. The largest absolute Gasteiger partial charge is 0.481 e. The van der Waals surface area contributed by atoms with Gasteiger partial charge in [0.25, 0.3) is 5.91 Å². The third-order valence-corrected chi connectivity index (χ3v) is 8.23. The topological polar surface area (TPSA) is 91.2 Å². The van der Waals surface area contributed by atoms with Crippen LogP contribution >= 0.6 is 0 Å². The number of carbonyl (C=O) groups is 1. The number of rotatable bonds is 5. The molecular weight excluding hydrogens is 440 g/mol. The Labute approximate surface area is 207 Å².